The van der Waals surface area contributed by atoms with E-state index in [1.165, 1.54) is 109 Å². The van der Waals surface area contributed by atoms with Crippen LogP contribution in [0.15, 0.2) is 0 Å². The van der Waals surface area contributed by atoms with Crippen molar-refractivity contribution in [3.63, 3.8) is 0 Å². The van der Waals surface area contributed by atoms with Crippen LogP contribution >= 0.6 is 0 Å². The van der Waals surface area contributed by atoms with Crippen LogP contribution in [0.5, 0.6) is 0 Å². The molecule has 0 heterocycles. The predicted octanol–water partition coefficient (Wildman–Crippen LogP) is 8.88. The Hall–Kier alpha value is -0.810. The van der Waals surface area contributed by atoms with Crippen LogP contribution < -0.4 is 0 Å². The lowest BCUT2D eigenvalue weighted by Gasteiger charge is -2.09. The molecule has 0 aromatic rings. The average Bonchev–Trinajstić information content (AvgIpc) is 3.09. The third kappa shape index (κ3) is 43.2. The maximum Gasteiger partial charge on any atom is 0.305 e. The summed E-state index contributed by atoms with van der Waals surface area (Å²) in [6, 6.07) is 0. The van der Waals surface area contributed by atoms with E-state index in [-0.39, 0.29) is 5.97 Å². The number of carbonyl (C=O) groups excluding carboxylic acids is 1. The van der Waals surface area contributed by atoms with E-state index >= 15 is 0 Å². The van der Waals surface area contributed by atoms with E-state index in [9.17, 15) is 4.79 Å². The van der Waals surface area contributed by atoms with E-state index in [0.717, 1.165) is 25.9 Å². The third-order valence-corrected chi connectivity index (χ3v) is 8.10. The minimum atomic E-state index is -0.122. The SMILES string of the molecule is CCCCCCCCCCCCCCCCCC(=O)OCCOCCOCCOCCOCCOCCOCCOCCCCCCC. The molecule has 0 rings (SSSR count). The number of rotatable bonds is 43. The van der Waals surface area contributed by atoms with Gasteiger partial charge in [0.25, 0.3) is 0 Å². The first kappa shape index (κ1) is 47.2. The quantitative estimate of drug-likeness (QED) is 0.0460. The largest absolute Gasteiger partial charge is 0.463 e. The number of hydrogen-bond donors (Lipinski definition) is 0. The third-order valence-electron chi connectivity index (χ3n) is 8.10. The summed E-state index contributed by atoms with van der Waals surface area (Å²) >= 11 is 0. The minimum absolute atomic E-state index is 0.122. The molecule has 9 nitrogen and oxygen atoms in total. The van der Waals surface area contributed by atoms with Crippen LogP contribution in [-0.2, 0) is 42.7 Å². The zero-order chi connectivity index (χ0) is 34.7. The van der Waals surface area contributed by atoms with Crippen molar-refractivity contribution in [2.75, 3.05) is 99.1 Å². The van der Waals surface area contributed by atoms with Crippen LogP contribution in [0.1, 0.15) is 149 Å². The lowest BCUT2D eigenvalue weighted by atomic mass is 10.0. The zero-order valence-electron chi connectivity index (χ0n) is 31.6. The van der Waals surface area contributed by atoms with Crippen LogP contribution in [0.25, 0.3) is 0 Å². The van der Waals surface area contributed by atoms with Gasteiger partial charge in [-0.2, -0.15) is 0 Å². The number of ether oxygens (including phenoxy) is 8. The Labute approximate surface area is 296 Å². The van der Waals surface area contributed by atoms with Crippen LogP contribution in [-0.4, -0.2) is 105 Å². The maximum atomic E-state index is 11.9. The Morgan fingerprint density at radius 3 is 0.875 bits per heavy atom. The molecule has 288 valence electrons. The summed E-state index contributed by atoms with van der Waals surface area (Å²) in [6.07, 6.45) is 26.6. The van der Waals surface area contributed by atoms with Gasteiger partial charge in [0.15, 0.2) is 0 Å². The average molecular weight is 691 g/mol. The molecule has 0 aliphatic heterocycles. The fourth-order valence-electron chi connectivity index (χ4n) is 5.16. The summed E-state index contributed by atoms with van der Waals surface area (Å²) < 4.78 is 43.8. The molecule has 0 atom stereocenters. The van der Waals surface area contributed by atoms with Gasteiger partial charge in [0.2, 0.25) is 0 Å². The highest BCUT2D eigenvalue weighted by Crippen LogP contribution is 2.14. The summed E-state index contributed by atoms with van der Waals surface area (Å²) in [5.41, 5.74) is 0. The Morgan fingerprint density at radius 2 is 0.542 bits per heavy atom. The van der Waals surface area contributed by atoms with Crippen LogP contribution in [0.2, 0.25) is 0 Å². The van der Waals surface area contributed by atoms with Crippen LogP contribution in [0.4, 0.5) is 0 Å². The lowest BCUT2D eigenvalue weighted by molar-refractivity contribution is -0.145. The van der Waals surface area contributed by atoms with E-state index in [1.54, 1.807) is 0 Å². The van der Waals surface area contributed by atoms with Crippen molar-refractivity contribution in [2.24, 2.45) is 0 Å². The second-order valence-electron chi connectivity index (χ2n) is 12.6. The number of esters is 1. The fourth-order valence-corrected chi connectivity index (χ4v) is 5.16. The molecular formula is C39H78O9. The van der Waals surface area contributed by atoms with E-state index in [2.05, 4.69) is 13.8 Å². The van der Waals surface area contributed by atoms with Gasteiger partial charge in [-0.25, -0.2) is 0 Å². The molecule has 0 aliphatic carbocycles. The second-order valence-corrected chi connectivity index (χ2v) is 12.6. The van der Waals surface area contributed by atoms with E-state index in [4.69, 9.17) is 37.9 Å². The number of unbranched alkanes of at least 4 members (excludes halogenated alkanes) is 18. The molecule has 0 N–H and O–H groups in total. The van der Waals surface area contributed by atoms with Crippen molar-refractivity contribution >= 4 is 5.97 Å². The highest BCUT2D eigenvalue weighted by Gasteiger charge is 2.03. The minimum Gasteiger partial charge on any atom is -0.463 e. The van der Waals surface area contributed by atoms with Crippen molar-refractivity contribution < 1.29 is 42.7 Å². The van der Waals surface area contributed by atoms with Gasteiger partial charge in [0.1, 0.15) is 6.61 Å². The Bertz CT molecular complexity index is 594. The Balaban J connectivity index is 3.13. The molecule has 0 spiro atoms. The smallest absolute Gasteiger partial charge is 0.305 e. The van der Waals surface area contributed by atoms with Crippen molar-refractivity contribution in [1.82, 2.24) is 0 Å². The highest BCUT2D eigenvalue weighted by atomic mass is 16.6. The normalized spacial score (nSPS) is 11.5. The van der Waals surface area contributed by atoms with Crippen LogP contribution in [0.3, 0.4) is 0 Å². The maximum absolute atomic E-state index is 11.9. The Morgan fingerprint density at radius 1 is 0.292 bits per heavy atom. The van der Waals surface area contributed by atoms with Gasteiger partial charge in [0.05, 0.1) is 85.9 Å². The van der Waals surface area contributed by atoms with E-state index in [1.807, 2.05) is 0 Å². The molecule has 0 saturated carbocycles. The molecular weight excluding hydrogens is 612 g/mol. The molecule has 0 amide bonds. The van der Waals surface area contributed by atoms with Crippen molar-refractivity contribution in [3.05, 3.63) is 0 Å². The Kier molecular flexibility index (Phi) is 43.5. The first-order valence-electron chi connectivity index (χ1n) is 20.0. The molecule has 0 aromatic carbocycles. The molecule has 0 aliphatic rings. The number of carbonyl (C=O) groups is 1. The van der Waals surface area contributed by atoms with Gasteiger partial charge in [-0.3, -0.25) is 4.79 Å². The van der Waals surface area contributed by atoms with Crippen molar-refractivity contribution in [3.8, 4) is 0 Å². The topological polar surface area (TPSA) is 90.9 Å². The molecule has 0 fully saturated rings. The van der Waals surface area contributed by atoms with E-state index in [0.29, 0.717) is 98.9 Å². The molecule has 0 radical (unpaired) electrons. The summed E-state index contributed by atoms with van der Waals surface area (Å²) in [5, 5.41) is 0. The number of hydrogen-bond acceptors (Lipinski definition) is 9. The summed E-state index contributed by atoms with van der Waals surface area (Å²) in [5.74, 6) is -0.122. The molecule has 48 heavy (non-hydrogen) atoms. The zero-order valence-corrected chi connectivity index (χ0v) is 31.6. The summed E-state index contributed by atoms with van der Waals surface area (Å²) in [6.45, 7) is 12.5. The van der Waals surface area contributed by atoms with Gasteiger partial charge >= 0.3 is 5.97 Å². The molecule has 0 aromatic heterocycles. The van der Waals surface area contributed by atoms with E-state index < -0.39 is 0 Å². The van der Waals surface area contributed by atoms with Gasteiger partial charge in [-0.05, 0) is 12.8 Å². The van der Waals surface area contributed by atoms with Crippen molar-refractivity contribution in [1.29, 1.82) is 0 Å². The summed E-state index contributed by atoms with van der Waals surface area (Å²) in [4.78, 5) is 11.9. The first-order chi connectivity index (χ1) is 23.8. The predicted molar refractivity (Wildman–Crippen MR) is 195 cm³/mol. The van der Waals surface area contributed by atoms with Crippen molar-refractivity contribution in [2.45, 2.75) is 149 Å². The summed E-state index contributed by atoms with van der Waals surface area (Å²) in [7, 11) is 0. The van der Waals surface area contributed by atoms with Crippen LogP contribution in [0, 0.1) is 0 Å². The van der Waals surface area contributed by atoms with Gasteiger partial charge in [0, 0.05) is 13.0 Å². The van der Waals surface area contributed by atoms with Gasteiger partial charge in [-0.15, -0.1) is 0 Å². The first-order valence-corrected chi connectivity index (χ1v) is 20.0. The fraction of sp³-hybridized carbons (Fsp3) is 0.974. The molecule has 0 bridgehead atoms. The van der Waals surface area contributed by atoms with Gasteiger partial charge in [-0.1, -0.05) is 129 Å². The highest BCUT2D eigenvalue weighted by molar-refractivity contribution is 5.69. The lowest BCUT2D eigenvalue weighted by Crippen LogP contribution is -2.15. The second kappa shape index (κ2) is 44.2. The molecule has 0 saturated heterocycles. The molecule has 9 heteroatoms. The monoisotopic (exact) mass is 691 g/mol. The standard InChI is InChI=1S/C39H78O9/c1-3-5-7-9-10-11-12-13-14-15-16-17-18-19-21-23-39(40)48-38-37-47-36-35-46-34-33-45-32-31-44-30-29-43-28-27-42-26-25-41-24-22-20-8-6-4-2/h3-38H2,1-2H3. The molecule has 0 unspecified atom stereocenters. The van der Waals surface area contributed by atoms with Gasteiger partial charge < -0.3 is 37.9 Å².